The third kappa shape index (κ3) is 5.95. The summed E-state index contributed by atoms with van der Waals surface area (Å²) in [5.74, 6) is -1.47. The van der Waals surface area contributed by atoms with Crippen molar-refractivity contribution in [1.29, 1.82) is 0 Å². The van der Waals surface area contributed by atoms with Crippen LogP contribution in [0.1, 0.15) is 63.9 Å². The Morgan fingerprint density at radius 1 is 1.09 bits per heavy atom. The fraction of sp³-hybridized carbons (Fsp3) is 0.556. The average molecular weight is 500 g/mol. The quantitative estimate of drug-likeness (QED) is 0.435. The highest BCUT2D eigenvalue weighted by Crippen LogP contribution is 2.35. The first-order valence-electron chi connectivity index (χ1n) is 12.7. The lowest BCUT2D eigenvalue weighted by atomic mass is 9.85. The molecule has 1 saturated carbocycles. The standard InChI is InChI=1S/C27H34ClN3O4/c1-18(25(33)29-21-10-3-2-4-11-21)31(17-19-8-7-9-20(28)16-19)24(32)14-15-30-26(34)22-12-5-6-13-23(22)27(30)35/h5-9,16,18,21-23H,2-4,10-15,17H2,1H3,(H,29,33)/t18-,22-,23+/m1/s1. The molecule has 0 radical (unpaired) electrons. The monoisotopic (exact) mass is 499 g/mol. The van der Waals surface area contributed by atoms with Gasteiger partial charge in [0.2, 0.25) is 23.6 Å². The van der Waals surface area contributed by atoms with E-state index in [2.05, 4.69) is 5.32 Å². The summed E-state index contributed by atoms with van der Waals surface area (Å²) >= 11 is 6.15. The molecule has 188 valence electrons. The Hall–Kier alpha value is -2.67. The number of halogens is 1. The molecule has 2 fully saturated rings. The van der Waals surface area contributed by atoms with E-state index in [1.807, 2.05) is 24.3 Å². The molecule has 0 bridgehead atoms. The number of allylic oxidation sites excluding steroid dienone is 2. The van der Waals surface area contributed by atoms with Crippen molar-refractivity contribution in [1.82, 2.24) is 15.1 Å². The lowest BCUT2D eigenvalue weighted by Gasteiger charge is -2.31. The molecule has 0 unspecified atom stereocenters. The molecule has 1 aliphatic heterocycles. The van der Waals surface area contributed by atoms with Gasteiger partial charge in [-0.05, 0) is 50.3 Å². The van der Waals surface area contributed by atoms with Crippen LogP contribution in [-0.4, -0.2) is 52.1 Å². The predicted octanol–water partition coefficient (Wildman–Crippen LogP) is 3.85. The number of rotatable bonds is 8. The van der Waals surface area contributed by atoms with Gasteiger partial charge in [-0.3, -0.25) is 24.1 Å². The Kier molecular flexibility index (Phi) is 8.26. The van der Waals surface area contributed by atoms with Gasteiger partial charge < -0.3 is 10.2 Å². The number of likely N-dealkylation sites (tertiary alicyclic amines) is 1. The molecule has 3 aliphatic rings. The van der Waals surface area contributed by atoms with E-state index in [1.54, 1.807) is 19.1 Å². The zero-order chi connectivity index (χ0) is 24.9. The van der Waals surface area contributed by atoms with Crippen molar-refractivity contribution in [2.24, 2.45) is 11.8 Å². The van der Waals surface area contributed by atoms with Crippen LogP contribution >= 0.6 is 11.6 Å². The van der Waals surface area contributed by atoms with Crippen molar-refractivity contribution < 1.29 is 19.2 Å². The van der Waals surface area contributed by atoms with E-state index in [-0.39, 0.29) is 61.0 Å². The van der Waals surface area contributed by atoms with Crippen molar-refractivity contribution in [3.63, 3.8) is 0 Å². The molecule has 1 saturated heterocycles. The van der Waals surface area contributed by atoms with E-state index in [4.69, 9.17) is 11.6 Å². The van der Waals surface area contributed by atoms with Crippen molar-refractivity contribution in [3.05, 3.63) is 47.0 Å². The molecule has 4 amide bonds. The second-order valence-electron chi connectivity index (χ2n) is 9.90. The minimum atomic E-state index is -0.694. The Bertz CT molecular complexity index is 978. The number of amides is 4. The first-order valence-corrected chi connectivity index (χ1v) is 13.1. The van der Waals surface area contributed by atoms with E-state index >= 15 is 0 Å². The van der Waals surface area contributed by atoms with Crippen LogP contribution in [-0.2, 0) is 25.7 Å². The largest absolute Gasteiger partial charge is 0.352 e. The van der Waals surface area contributed by atoms with Crippen LogP contribution in [0.2, 0.25) is 5.02 Å². The third-order valence-corrected chi connectivity index (χ3v) is 7.74. The Morgan fingerprint density at radius 2 is 1.74 bits per heavy atom. The normalized spacial score (nSPS) is 23.2. The number of hydrogen-bond donors (Lipinski definition) is 1. The number of carbonyl (C=O) groups is 4. The van der Waals surface area contributed by atoms with Gasteiger partial charge in [0.05, 0.1) is 11.8 Å². The van der Waals surface area contributed by atoms with Crippen LogP contribution in [0.3, 0.4) is 0 Å². The zero-order valence-electron chi connectivity index (χ0n) is 20.2. The lowest BCUT2D eigenvalue weighted by molar-refractivity contribution is -0.144. The SMILES string of the molecule is C[C@H](C(=O)NC1CCCCC1)N(Cc1cccc(Cl)c1)C(=O)CCN1C(=O)[C@H]2CC=CC[C@H]2C1=O. The minimum Gasteiger partial charge on any atom is -0.352 e. The fourth-order valence-electron chi connectivity index (χ4n) is 5.42. The first kappa shape index (κ1) is 25.4. The molecule has 8 heteroatoms. The summed E-state index contributed by atoms with van der Waals surface area (Å²) in [5, 5.41) is 3.67. The number of benzene rings is 1. The molecular weight excluding hydrogens is 466 g/mol. The molecule has 7 nitrogen and oxygen atoms in total. The highest BCUT2D eigenvalue weighted by atomic mass is 35.5. The summed E-state index contributed by atoms with van der Waals surface area (Å²) in [6.07, 6.45) is 10.3. The summed E-state index contributed by atoms with van der Waals surface area (Å²) in [5.41, 5.74) is 0.814. The van der Waals surface area contributed by atoms with Crippen molar-refractivity contribution in [3.8, 4) is 0 Å². The second-order valence-corrected chi connectivity index (χ2v) is 10.3. The fourth-order valence-corrected chi connectivity index (χ4v) is 5.64. The Morgan fingerprint density at radius 3 is 2.37 bits per heavy atom. The Balaban J connectivity index is 1.44. The molecule has 1 aromatic carbocycles. The maximum atomic E-state index is 13.4. The minimum absolute atomic E-state index is 0.0219. The highest BCUT2D eigenvalue weighted by Gasteiger charge is 2.47. The van der Waals surface area contributed by atoms with Crippen LogP contribution in [0.5, 0.6) is 0 Å². The number of nitrogens with one attached hydrogen (secondary N) is 1. The van der Waals surface area contributed by atoms with Gasteiger partial charge in [0.15, 0.2) is 0 Å². The van der Waals surface area contributed by atoms with Gasteiger partial charge in [-0.1, -0.05) is 55.1 Å². The topological polar surface area (TPSA) is 86.8 Å². The highest BCUT2D eigenvalue weighted by molar-refractivity contribution is 6.30. The molecule has 35 heavy (non-hydrogen) atoms. The number of fused-ring (bicyclic) bond motifs is 1. The third-order valence-electron chi connectivity index (χ3n) is 7.51. The van der Waals surface area contributed by atoms with Gasteiger partial charge in [-0.2, -0.15) is 0 Å². The zero-order valence-corrected chi connectivity index (χ0v) is 21.0. The molecule has 2 aliphatic carbocycles. The second kappa shape index (κ2) is 11.4. The van der Waals surface area contributed by atoms with Crippen molar-refractivity contribution in [2.75, 3.05) is 6.54 Å². The van der Waals surface area contributed by atoms with E-state index in [0.29, 0.717) is 17.9 Å². The lowest BCUT2D eigenvalue weighted by Crippen LogP contribution is -2.51. The maximum Gasteiger partial charge on any atom is 0.242 e. The molecule has 4 rings (SSSR count). The molecule has 0 aromatic heterocycles. The summed E-state index contributed by atoms with van der Waals surface area (Å²) < 4.78 is 0. The van der Waals surface area contributed by atoms with Gasteiger partial charge in [0.25, 0.3) is 0 Å². The van der Waals surface area contributed by atoms with Gasteiger partial charge in [0, 0.05) is 30.6 Å². The average Bonchev–Trinajstić information content (AvgIpc) is 3.10. The molecule has 3 atom stereocenters. The Labute approximate surface area is 211 Å². The van der Waals surface area contributed by atoms with Crippen LogP contribution in [0.4, 0.5) is 0 Å². The van der Waals surface area contributed by atoms with Crippen molar-refractivity contribution in [2.45, 2.75) is 76.9 Å². The molecule has 0 spiro atoms. The van der Waals surface area contributed by atoms with E-state index in [0.717, 1.165) is 31.2 Å². The van der Waals surface area contributed by atoms with Gasteiger partial charge in [-0.25, -0.2) is 0 Å². The van der Waals surface area contributed by atoms with E-state index < -0.39 is 6.04 Å². The van der Waals surface area contributed by atoms with Gasteiger partial charge in [-0.15, -0.1) is 0 Å². The number of carbonyl (C=O) groups excluding carboxylic acids is 4. The van der Waals surface area contributed by atoms with E-state index in [1.165, 1.54) is 16.2 Å². The first-order chi connectivity index (χ1) is 16.8. The van der Waals surface area contributed by atoms with Crippen LogP contribution in [0, 0.1) is 11.8 Å². The molecule has 1 N–H and O–H groups in total. The summed E-state index contributed by atoms with van der Waals surface area (Å²) in [6.45, 7) is 1.98. The van der Waals surface area contributed by atoms with Crippen LogP contribution in [0.15, 0.2) is 36.4 Å². The molecular formula is C27H34ClN3O4. The van der Waals surface area contributed by atoms with Crippen molar-refractivity contribution >= 4 is 35.2 Å². The predicted molar refractivity (Wildman–Crippen MR) is 133 cm³/mol. The number of nitrogens with zero attached hydrogens (tertiary/aromatic N) is 2. The summed E-state index contributed by atoms with van der Waals surface area (Å²) in [6, 6.07) is 6.65. The van der Waals surface area contributed by atoms with Crippen LogP contribution < -0.4 is 5.32 Å². The smallest absolute Gasteiger partial charge is 0.242 e. The van der Waals surface area contributed by atoms with Gasteiger partial charge in [0.1, 0.15) is 6.04 Å². The molecule has 1 heterocycles. The van der Waals surface area contributed by atoms with Crippen LogP contribution in [0.25, 0.3) is 0 Å². The number of hydrogen-bond acceptors (Lipinski definition) is 4. The summed E-state index contributed by atoms with van der Waals surface area (Å²) in [7, 11) is 0. The number of imide groups is 1. The maximum absolute atomic E-state index is 13.4. The van der Waals surface area contributed by atoms with E-state index in [9.17, 15) is 19.2 Å². The molecule has 1 aromatic rings. The van der Waals surface area contributed by atoms with Gasteiger partial charge >= 0.3 is 0 Å². The summed E-state index contributed by atoms with van der Waals surface area (Å²) in [4.78, 5) is 54.9.